The number of hydrogen-bond donors (Lipinski definition) is 4. The topological polar surface area (TPSA) is 138 Å². The molecular weight excluding hydrogens is 603 g/mol. The average Bonchev–Trinajstić information content (AvgIpc) is 3.63. The van der Waals surface area contributed by atoms with Crippen molar-refractivity contribution in [1.29, 1.82) is 0 Å². The van der Waals surface area contributed by atoms with E-state index < -0.39 is 11.5 Å². The van der Waals surface area contributed by atoms with Crippen molar-refractivity contribution in [3.05, 3.63) is 91.3 Å². The molecule has 2 aromatic carbocycles. The number of carbonyl (C=O) groups is 2. The predicted octanol–water partition coefficient (Wildman–Crippen LogP) is 5.23. The number of pyridine rings is 1. The highest BCUT2D eigenvalue weighted by molar-refractivity contribution is 6.39. The Morgan fingerprint density at radius 3 is 2.52 bits per heavy atom. The molecule has 1 aliphatic heterocycles. The molecule has 6 rings (SSSR count). The summed E-state index contributed by atoms with van der Waals surface area (Å²) in [5, 5.41) is 16.2. The molecule has 0 saturated carbocycles. The van der Waals surface area contributed by atoms with Gasteiger partial charge in [-0.3, -0.25) is 14.4 Å². The van der Waals surface area contributed by atoms with E-state index in [9.17, 15) is 14.4 Å². The summed E-state index contributed by atoms with van der Waals surface area (Å²) in [5.41, 5.74) is 4.96. The van der Waals surface area contributed by atoms with E-state index >= 15 is 0 Å². The van der Waals surface area contributed by atoms with E-state index in [1.807, 2.05) is 30.3 Å². The lowest BCUT2D eigenvalue weighted by molar-refractivity contribution is -0.119. The van der Waals surface area contributed by atoms with Crippen LogP contribution in [0, 0.1) is 6.92 Å². The molecule has 2 atom stereocenters. The maximum Gasteiger partial charge on any atom is 0.277 e. The second-order valence-electron chi connectivity index (χ2n) is 10.9. The Balaban J connectivity index is 1.29. The zero-order chi connectivity index (χ0) is 31.0. The molecule has 0 radical (unpaired) electrons. The number of rotatable bonds is 8. The molecule has 4 N–H and O–H groups in total. The molecule has 0 spiro atoms. The molecule has 44 heavy (non-hydrogen) atoms. The lowest BCUT2D eigenvalue weighted by Crippen LogP contribution is -2.36. The number of anilines is 1. The molecule has 10 nitrogen and oxygen atoms in total. The molecular formula is C32H30Cl2N6O4. The summed E-state index contributed by atoms with van der Waals surface area (Å²) < 4.78 is 5.76. The third-order valence-electron chi connectivity index (χ3n) is 8.04. The molecule has 2 aromatic heterocycles. The molecule has 12 heteroatoms. The smallest absolute Gasteiger partial charge is 0.277 e. The van der Waals surface area contributed by atoms with Crippen LogP contribution < -0.4 is 26.2 Å². The van der Waals surface area contributed by atoms with Crippen molar-refractivity contribution in [2.75, 3.05) is 19.0 Å². The summed E-state index contributed by atoms with van der Waals surface area (Å²) in [6, 6.07) is 14.5. The maximum atomic E-state index is 12.9. The Bertz CT molecular complexity index is 1840. The minimum atomic E-state index is -0.606. The van der Waals surface area contributed by atoms with Gasteiger partial charge in [-0.15, -0.1) is 0 Å². The number of H-pyrrole nitrogens is 1. The Kier molecular flexibility index (Phi) is 8.40. The molecule has 2 unspecified atom stereocenters. The number of ether oxygens (including phenoxy) is 1. The summed E-state index contributed by atoms with van der Waals surface area (Å²) >= 11 is 13.8. The van der Waals surface area contributed by atoms with Crippen LogP contribution in [0.4, 0.5) is 5.69 Å². The van der Waals surface area contributed by atoms with Gasteiger partial charge in [0.25, 0.3) is 11.5 Å². The average molecular weight is 634 g/mol. The molecule has 2 aliphatic rings. The Hall–Kier alpha value is -4.25. The summed E-state index contributed by atoms with van der Waals surface area (Å²) in [4.78, 5) is 41.5. The van der Waals surface area contributed by atoms with E-state index in [-0.39, 0.29) is 28.6 Å². The van der Waals surface area contributed by atoms with Crippen LogP contribution in [-0.2, 0) is 11.2 Å². The van der Waals surface area contributed by atoms with Crippen molar-refractivity contribution in [2.24, 2.45) is 0 Å². The van der Waals surface area contributed by atoms with E-state index in [0.717, 1.165) is 30.4 Å². The largest absolute Gasteiger partial charge is 0.481 e. The Morgan fingerprint density at radius 2 is 1.77 bits per heavy atom. The first-order chi connectivity index (χ1) is 21.2. The zero-order valence-electron chi connectivity index (χ0n) is 24.1. The third kappa shape index (κ3) is 5.80. The fourth-order valence-corrected chi connectivity index (χ4v) is 6.46. The SMILES string of the molecule is COc1nc(-c2cccc(-c3cccc(NC(=O)c4cc(C)n[nH]c4=O)c3Cl)c2Cl)cc2c1C(NCC1CCC(=O)N1)CC2. The lowest BCUT2D eigenvalue weighted by Gasteiger charge is -2.20. The summed E-state index contributed by atoms with van der Waals surface area (Å²) in [6.45, 7) is 2.36. The van der Waals surface area contributed by atoms with Crippen molar-refractivity contribution >= 4 is 40.7 Å². The van der Waals surface area contributed by atoms with Crippen LogP contribution in [0.1, 0.15) is 52.5 Å². The number of amides is 2. The number of halogens is 2. The first-order valence-corrected chi connectivity index (χ1v) is 15.0. The number of hydrogen-bond acceptors (Lipinski definition) is 7. The van der Waals surface area contributed by atoms with Gasteiger partial charge in [-0.25, -0.2) is 10.1 Å². The van der Waals surface area contributed by atoms with Gasteiger partial charge >= 0.3 is 0 Å². The van der Waals surface area contributed by atoms with Gasteiger partial charge in [0.1, 0.15) is 5.56 Å². The molecule has 1 fully saturated rings. The van der Waals surface area contributed by atoms with E-state index in [1.54, 1.807) is 26.2 Å². The second kappa shape index (κ2) is 12.4. The van der Waals surface area contributed by atoms with E-state index in [2.05, 4.69) is 26.1 Å². The Labute approximate surface area is 263 Å². The quantitative estimate of drug-likeness (QED) is 0.209. The van der Waals surface area contributed by atoms with E-state index in [4.69, 9.17) is 32.9 Å². The molecule has 4 aromatic rings. The molecule has 226 valence electrons. The number of methoxy groups -OCH3 is 1. The van der Waals surface area contributed by atoms with Gasteiger partial charge < -0.3 is 20.7 Å². The molecule has 2 amide bonds. The molecule has 3 heterocycles. The minimum Gasteiger partial charge on any atom is -0.481 e. The molecule has 0 bridgehead atoms. The standard InChI is InChI=1S/C32H30Cl2N6O4/c1-16-13-22(31(43)40-39-16)30(42)37-24-8-4-6-20(29(24)34)19-5-3-7-21(28(19)33)25-14-17-9-11-23(27(17)32(38-25)44-2)35-15-18-10-12-26(41)36-18/h3-8,13-14,18,23,35H,9-12,15H2,1-2H3,(H,36,41)(H,37,42)(H,40,43). The van der Waals surface area contributed by atoms with Crippen LogP contribution in [-0.4, -0.2) is 46.7 Å². The van der Waals surface area contributed by atoms with Crippen LogP contribution >= 0.6 is 23.2 Å². The van der Waals surface area contributed by atoms with Crippen LogP contribution in [0.2, 0.25) is 10.0 Å². The molecule has 1 aliphatic carbocycles. The van der Waals surface area contributed by atoms with Crippen LogP contribution in [0.25, 0.3) is 22.4 Å². The van der Waals surface area contributed by atoms with Crippen molar-refractivity contribution in [2.45, 2.75) is 44.7 Å². The first kappa shape index (κ1) is 29.8. The van der Waals surface area contributed by atoms with Gasteiger partial charge in [0.05, 0.1) is 34.2 Å². The normalized spacial score (nSPS) is 17.3. The van der Waals surface area contributed by atoms with Crippen molar-refractivity contribution in [3.8, 4) is 28.3 Å². The minimum absolute atomic E-state index is 0.0709. The van der Waals surface area contributed by atoms with Crippen molar-refractivity contribution in [3.63, 3.8) is 0 Å². The third-order valence-corrected chi connectivity index (χ3v) is 8.85. The van der Waals surface area contributed by atoms with Gasteiger partial charge in [-0.05, 0) is 49.9 Å². The van der Waals surface area contributed by atoms with Gasteiger partial charge in [-0.1, -0.05) is 53.5 Å². The van der Waals surface area contributed by atoms with Gasteiger partial charge in [0.2, 0.25) is 11.8 Å². The highest BCUT2D eigenvalue weighted by atomic mass is 35.5. The highest BCUT2D eigenvalue weighted by Gasteiger charge is 2.30. The van der Waals surface area contributed by atoms with Gasteiger partial charge in [0, 0.05) is 47.3 Å². The number of aromatic nitrogens is 3. The Morgan fingerprint density at radius 1 is 1.02 bits per heavy atom. The number of aromatic amines is 1. The first-order valence-electron chi connectivity index (χ1n) is 14.3. The summed E-state index contributed by atoms with van der Waals surface area (Å²) in [5.74, 6) is 0.0282. The van der Waals surface area contributed by atoms with Crippen LogP contribution in [0.5, 0.6) is 5.88 Å². The van der Waals surface area contributed by atoms with E-state index in [1.165, 1.54) is 6.07 Å². The van der Waals surface area contributed by atoms with Gasteiger partial charge in [0.15, 0.2) is 0 Å². The number of fused-ring (bicyclic) bond motifs is 1. The highest BCUT2D eigenvalue weighted by Crippen LogP contribution is 2.44. The predicted molar refractivity (Wildman–Crippen MR) is 169 cm³/mol. The van der Waals surface area contributed by atoms with Gasteiger partial charge in [-0.2, -0.15) is 5.10 Å². The summed E-state index contributed by atoms with van der Waals surface area (Å²) in [6.07, 6.45) is 3.14. The monoisotopic (exact) mass is 632 g/mol. The van der Waals surface area contributed by atoms with Crippen molar-refractivity contribution < 1.29 is 14.3 Å². The fraction of sp³-hybridized carbons (Fsp3) is 0.281. The molecule has 1 saturated heterocycles. The van der Waals surface area contributed by atoms with Crippen LogP contribution in [0.3, 0.4) is 0 Å². The van der Waals surface area contributed by atoms with Crippen LogP contribution in [0.15, 0.2) is 53.3 Å². The second-order valence-corrected chi connectivity index (χ2v) is 11.7. The summed E-state index contributed by atoms with van der Waals surface area (Å²) in [7, 11) is 1.61. The number of aryl methyl sites for hydroxylation is 2. The lowest BCUT2D eigenvalue weighted by atomic mass is 9.99. The zero-order valence-corrected chi connectivity index (χ0v) is 25.6. The van der Waals surface area contributed by atoms with E-state index in [0.29, 0.717) is 57.6 Å². The maximum absolute atomic E-state index is 12.9. The number of carbonyl (C=O) groups excluding carboxylic acids is 2. The fourth-order valence-electron chi connectivity index (χ4n) is 5.86. The number of nitrogens with zero attached hydrogens (tertiary/aromatic N) is 2. The number of nitrogens with one attached hydrogen (secondary N) is 4. The van der Waals surface area contributed by atoms with Crippen molar-refractivity contribution in [1.82, 2.24) is 25.8 Å². The number of benzene rings is 2.